The van der Waals surface area contributed by atoms with Gasteiger partial charge in [-0.2, -0.15) is 0 Å². The number of piperazine rings is 1. The predicted octanol–water partition coefficient (Wildman–Crippen LogP) is 1.87. The summed E-state index contributed by atoms with van der Waals surface area (Å²) in [6, 6.07) is 4.92. The van der Waals surface area contributed by atoms with Gasteiger partial charge in [-0.05, 0) is 51.3 Å². The number of carbonyl (C=O) groups excluding carboxylic acids is 2. The lowest BCUT2D eigenvalue weighted by molar-refractivity contribution is -0.129. The molecule has 0 radical (unpaired) electrons. The molecule has 2 rings (SSSR count). The van der Waals surface area contributed by atoms with E-state index in [9.17, 15) is 9.59 Å². The van der Waals surface area contributed by atoms with Gasteiger partial charge in [0.15, 0.2) is 0 Å². The van der Waals surface area contributed by atoms with E-state index in [0.29, 0.717) is 6.54 Å². The van der Waals surface area contributed by atoms with E-state index in [1.165, 1.54) is 0 Å². The van der Waals surface area contributed by atoms with Gasteiger partial charge in [-0.1, -0.05) is 25.5 Å². The zero-order chi connectivity index (χ0) is 19.3. The van der Waals surface area contributed by atoms with Crippen molar-refractivity contribution < 1.29 is 9.59 Å². The van der Waals surface area contributed by atoms with Crippen molar-refractivity contribution in [3.05, 3.63) is 29.3 Å². The Bertz CT molecular complexity index is 647. The number of hydrogen-bond donors (Lipinski definition) is 4. The zero-order valence-electron chi connectivity index (χ0n) is 16.5. The highest BCUT2D eigenvalue weighted by atomic mass is 16.2. The fourth-order valence-electron chi connectivity index (χ4n) is 3.08. The second kappa shape index (κ2) is 9.14. The van der Waals surface area contributed by atoms with Crippen molar-refractivity contribution in [3.63, 3.8) is 0 Å². The van der Waals surface area contributed by atoms with Crippen molar-refractivity contribution in [2.75, 3.05) is 11.9 Å². The first-order chi connectivity index (χ1) is 12.3. The maximum Gasteiger partial charge on any atom is 0.243 e. The number of rotatable bonds is 6. The SMILES string of the molecule is CCCCNC(=O)C1NC(C)C(C)NC1C(=O)Nc1cc(C)ccc1C. The molecule has 1 fully saturated rings. The Morgan fingerprint density at radius 3 is 2.27 bits per heavy atom. The largest absolute Gasteiger partial charge is 0.355 e. The molecule has 0 aliphatic carbocycles. The van der Waals surface area contributed by atoms with E-state index in [1.54, 1.807) is 0 Å². The molecule has 144 valence electrons. The van der Waals surface area contributed by atoms with Gasteiger partial charge in [0.05, 0.1) is 0 Å². The highest BCUT2D eigenvalue weighted by molar-refractivity contribution is 6.00. The molecule has 0 spiro atoms. The van der Waals surface area contributed by atoms with Gasteiger partial charge in [0.2, 0.25) is 11.8 Å². The standard InChI is InChI=1S/C20H32N4O2/c1-6-7-10-21-19(25)17-18(23-15(5)14(4)22-17)20(26)24-16-11-12(2)8-9-13(16)3/h8-9,11,14-15,17-18,22-23H,6-7,10H2,1-5H3,(H,21,25)(H,24,26). The minimum Gasteiger partial charge on any atom is -0.355 e. The number of unbranched alkanes of at least 4 members (excludes halogenated alkanes) is 1. The van der Waals surface area contributed by atoms with Gasteiger partial charge in [-0.15, -0.1) is 0 Å². The molecule has 2 amide bonds. The van der Waals surface area contributed by atoms with E-state index in [2.05, 4.69) is 28.2 Å². The summed E-state index contributed by atoms with van der Waals surface area (Å²) in [6.45, 7) is 10.7. The Hall–Kier alpha value is -1.92. The summed E-state index contributed by atoms with van der Waals surface area (Å²) in [5.41, 5.74) is 2.86. The lowest BCUT2D eigenvalue weighted by Crippen LogP contribution is -2.71. The third-order valence-corrected chi connectivity index (χ3v) is 5.01. The molecule has 1 aromatic carbocycles. The van der Waals surface area contributed by atoms with Crippen LogP contribution in [0.15, 0.2) is 18.2 Å². The second-order valence-electron chi connectivity index (χ2n) is 7.32. The van der Waals surface area contributed by atoms with Gasteiger partial charge in [-0.3, -0.25) is 9.59 Å². The summed E-state index contributed by atoms with van der Waals surface area (Å²) < 4.78 is 0. The molecular weight excluding hydrogens is 328 g/mol. The van der Waals surface area contributed by atoms with Crippen LogP contribution in [0.1, 0.15) is 44.7 Å². The van der Waals surface area contributed by atoms with Crippen molar-refractivity contribution >= 4 is 17.5 Å². The van der Waals surface area contributed by atoms with Crippen LogP contribution in [0.4, 0.5) is 5.69 Å². The van der Waals surface area contributed by atoms with Gasteiger partial charge < -0.3 is 21.3 Å². The van der Waals surface area contributed by atoms with Gasteiger partial charge in [-0.25, -0.2) is 0 Å². The van der Waals surface area contributed by atoms with Crippen LogP contribution < -0.4 is 21.3 Å². The summed E-state index contributed by atoms with van der Waals surface area (Å²) >= 11 is 0. The second-order valence-corrected chi connectivity index (χ2v) is 7.32. The maximum atomic E-state index is 12.9. The number of amides is 2. The van der Waals surface area contributed by atoms with E-state index in [0.717, 1.165) is 29.7 Å². The highest BCUT2D eigenvalue weighted by Gasteiger charge is 2.40. The number of nitrogens with one attached hydrogen (secondary N) is 4. The Kier molecular flexibility index (Phi) is 7.17. The minimum atomic E-state index is -0.622. The first kappa shape index (κ1) is 20.4. The highest BCUT2D eigenvalue weighted by Crippen LogP contribution is 2.18. The Labute approximate surface area is 156 Å². The van der Waals surface area contributed by atoms with Crippen LogP contribution in [0.5, 0.6) is 0 Å². The van der Waals surface area contributed by atoms with Crippen LogP contribution in [-0.2, 0) is 9.59 Å². The molecule has 0 saturated carbocycles. The van der Waals surface area contributed by atoms with Crippen molar-refractivity contribution in [1.29, 1.82) is 0 Å². The lowest BCUT2D eigenvalue weighted by atomic mass is 9.96. The van der Waals surface area contributed by atoms with Crippen molar-refractivity contribution in [2.24, 2.45) is 0 Å². The number of benzene rings is 1. The summed E-state index contributed by atoms with van der Waals surface area (Å²) in [4.78, 5) is 25.6. The van der Waals surface area contributed by atoms with Crippen LogP contribution in [0.2, 0.25) is 0 Å². The molecule has 0 bridgehead atoms. The smallest absolute Gasteiger partial charge is 0.243 e. The summed E-state index contributed by atoms with van der Waals surface area (Å²) in [5.74, 6) is -0.327. The van der Waals surface area contributed by atoms with E-state index in [4.69, 9.17) is 0 Å². The third kappa shape index (κ3) is 5.05. The molecule has 4 atom stereocenters. The van der Waals surface area contributed by atoms with E-state index in [-0.39, 0.29) is 23.9 Å². The van der Waals surface area contributed by atoms with Crippen LogP contribution in [-0.4, -0.2) is 42.5 Å². The molecule has 4 unspecified atom stereocenters. The number of aryl methyl sites for hydroxylation is 2. The Morgan fingerprint density at radius 2 is 1.65 bits per heavy atom. The first-order valence-electron chi connectivity index (χ1n) is 9.51. The Balaban J connectivity index is 2.14. The molecule has 6 nitrogen and oxygen atoms in total. The molecule has 1 aliphatic rings. The predicted molar refractivity (Wildman–Crippen MR) is 105 cm³/mol. The molecule has 4 N–H and O–H groups in total. The van der Waals surface area contributed by atoms with Crippen LogP contribution in [0.3, 0.4) is 0 Å². The molecule has 26 heavy (non-hydrogen) atoms. The number of anilines is 1. The topological polar surface area (TPSA) is 82.3 Å². The lowest BCUT2D eigenvalue weighted by Gasteiger charge is -2.39. The van der Waals surface area contributed by atoms with Gasteiger partial charge in [0.1, 0.15) is 12.1 Å². The van der Waals surface area contributed by atoms with Gasteiger partial charge >= 0.3 is 0 Å². The van der Waals surface area contributed by atoms with E-state index < -0.39 is 12.1 Å². The van der Waals surface area contributed by atoms with Crippen molar-refractivity contribution in [2.45, 2.75) is 71.6 Å². The monoisotopic (exact) mass is 360 g/mol. The normalized spacial score (nSPS) is 25.6. The van der Waals surface area contributed by atoms with Crippen molar-refractivity contribution in [3.8, 4) is 0 Å². The first-order valence-corrected chi connectivity index (χ1v) is 9.51. The van der Waals surface area contributed by atoms with Gasteiger partial charge in [0, 0.05) is 24.3 Å². The molecule has 1 saturated heterocycles. The maximum absolute atomic E-state index is 12.9. The zero-order valence-corrected chi connectivity index (χ0v) is 16.5. The van der Waals surface area contributed by atoms with Crippen molar-refractivity contribution in [1.82, 2.24) is 16.0 Å². The summed E-state index contributed by atoms with van der Waals surface area (Å²) in [7, 11) is 0. The summed E-state index contributed by atoms with van der Waals surface area (Å²) in [5, 5.41) is 12.5. The number of hydrogen-bond acceptors (Lipinski definition) is 4. The average Bonchev–Trinajstić information content (AvgIpc) is 2.60. The van der Waals surface area contributed by atoms with E-state index in [1.807, 2.05) is 45.9 Å². The third-order valence-electron chi connectivity index (χ3n) is 5.01. The molecular formula is C20H32N4O2. The van der Waals surface area contributed by atoms with Crippen LogP contribution in [0, 0.1) is 13.8 Å². The molecule has 1 heterocycles. The molecule has 1 aliphatic heterocycles. The van der Waals surface area contributed by atoms with Crippen LogP contribution in [0.25, 0.3) is 0 Å². The average molecular weight is 361 g/mol. The number of carbonyl (C=O) groups is 2. The van der Waals surface area contributed by atoms with Gasteiger partial charge in [0.25, 0.3) is 0 Å². The quantitative estimate of drug-likeness (QED) is 0.584. The fraction of sp³-hybridized carbons (Fsp3) is 0.600. The summed E-state index contributed by atoms with van der Waals surface area (Å²) in [6.07, 6.45) is 1.94. The van der Waals surface area contributed by atoms with E-state index >= 15 is 0 Å². The molecule has 0 aromatic heterocycles. The minimum absolute atomic E-state index is 0.0871. The van der Waals surface area contributed by atoms with Crippen LogP contribution >= 0.6 is 0 Å². The molecule has 1 aromatic rings. The molecule has 6 heteroatoms. The Morgan fingerprint density at radius 1 is 1.04 bits per heavy atom. The fourth-order valence-corrected chi connectivity index (χ4v) is 3.08.